The molecule has 8 heteroatoms. The van der Waals surface area contributed by atoms with Crippen molar-refractivity contribution < 1.29 is 9.59 Å². The molecule has 4 heterocycles. The van der Waals surface area contributed by atoms with Gasteiger partial charge in [0.15, 0.2) is 5.69 Å². The molecule has 0 unspecified atom stereocenters. The largest absolute Gasteiger partial charge is 0.353 e. The highest BCUT2D eigenvalue weighted by Crippen LogP contribution is 2.23. The third kappa shape index (κ3) is 2.94. The summed E-state index contributed by atoms with van der Waals surface area (Å²) in [5.74, 6) is -0.266. The van der Waals surface area contributed by atoms with E-state index in [9.17, 15) is 9.59 Å². The quantitative estimate of drug-likeness (QED) is 0.854. The van der Waals surface area contributed by atoms with E-state index in [1.165, 1.54) is 5.56 Å². The van der Waals surface area contributed by atoms with Crippen LogP contribution in [0.25, 0.3) is 0 Å². The van der Waals surface area contributed by atoms with Crippen LogP contribution in [0.4, 0.5) is 0 Å². The van der Waals surface area contributed by atoms with Gasteiger partial charge in [-0.1, -0.05) is 0 Å². The highest BCUT2D eigenvalue weighted by molar-refractivity contribution is 7.07. The lowest BCUT2D eigenvalue weighted by molar-refractivity contribution is -0.123. The van der Waals surface area contributed by atoms with Gasteiger partial charge in [-0.2, -0.15) is 16.4 Å². The summed E-state index contributed by atoms with van der Waals surface area (Å²) < 4.78 is 0. The fraction of sp³-hybridized carbons (Fsp3) is 0.438. The van der Waals surface area contributed by atoms with E-state index < -0.39 is 0 Å². The van der Waals surface area contributed by atoms with Crippen LogP contribution in [0, 0.1) is 0 Å². The van der Waals surface area contributed by atoms with Crippen LogP contribution >= 0.6 is 11.3 Å². The van der Waals surface area contributed by atoms with Crippen LogP contribution in [0.5, 0.6) is 0 Å². The molecule has 2 aliphatic heterocycles. The van der Waals surface area contributed by atoms with E-state index in [2.05, 4.69) is 37.2 Å². The van der Waals surface area contributed by atoms with Crippen LogP contribution in [0.3, 0.4) is 0 Å². The van der Waals surface area contributed by atoms with Crippen LogP contribution in [-0.2, 0) is 24.3 Å². The van der Waals surface area contributed by atoms with E-state index in [1.807, 2.05) is 0 Å². The molecular weight excluding hydrogens is 326 g/mol. The maximum absolute atomic E-state index is 12.7. The molecule has 0 atom stereocenters. The number of rotatable bonds is 3. The second kappa shape index (κ2) is 6.37. The van der Waals surface area contributed by atoms with Crippen molar-refractivity contribution in [3.63, 3.8) is 0 Å². The average molecular weight is 345 g/mol. The zero-order chi connectivity index (χ0) is 16.5. The number of amides is 2. The third-order valence-electron chi connectivity index (χ3n) is 4.53. The Kier molecular flexibility index (Phi) is 4.07. The Hall–Kier alpha value is -2.19. The lowest BCUT2D eigenvalue weighted by atomic mass is 10.0. The monoisotopic (exact) mass is 345 g/mol. The second-order valence-corrected chi connectivity index (χ2v) is 6.98. The maximum atomic E-state index is 12.7. The minimum absolute atomic E-state index is 0.110. The molecule has 2 amide bonds. The smallest absolute Gasteiger partial charge is 0.275 e. The first-order valence-electron chi connectivity index (χ1n) is 8.06. The summed E-state index contributed by atoms with van der Waals surface area (Å²) in [4.78, 5) is 28.2. The summed E-state index contributed by atoms with van der Waals surface area (Å²) in [6, 6.07) is 2.13. The van der Waals surface area contributed by atoms with Gasteiger partial charge in [0, 0.05) is 50.4 Å². The number of nitrogens with one attached hydrogen (secondary N) is 2. The SMILES string of the molecule is O=C1CN(C(=O)c2n[nH]c3c2CN(Cc2ccsc2)CC3)CCN1. The predicted octanol–water partition coefficient (Wildman–Crippen LogP) is 0.601. The van der Waals surface area contributed by atoms with Crippen LogP contribution in [0.1, 0.15) is 27.3 Å². The van der Waals surface area contributed by atoms with E-state index in [0.717, 1.165) is 30.8 Å². The summed E-state index contributed by atoms with van der Waals surface area (Å²) >= 11 is 1.70. The minimum Gasteiger partial charge on any atom is -0.353 e. The highest BCUT2D eigenvalue weighted by atomic mass is 32.1. The highest BCUT2D eigenvalue weighted by Gasteiger charge is 2.30. The molecule has 0 saturated carbocycles. The lowest BCUT2D eigenvalue weighted by Gasteiger charge is -2.28. The first-order chi connectivity index (χ1) is 11.7. The molecule has 2 aliphatic rings. The Bertz CT molecular complexity index is 755. The number of carbonyl (C=O) groups is 2. The summed E-state index contributed by atoms with van der Waals surface area (Å²) in [6.45, 7) is 3.69. The number of aromatic nitrogens is 2. The number of carbonyl (C=O) groups excluding carboxylic acids is 2. The van der Waals surface area contributed by atoms with Crippen molar-refractivity contribution >= 4 is 23.2 Å². The van der Waals surface area contributed by atoms with Crippen LogP contribution in [0.15, 0.2) is 16.8 Å². The van der Waals surface area contributed by atoms with Crippen molar-refractivity contribution in [2.45, 2.75) is 19.5 Å². The van der Waals surface area contributed by atoms with Gasteiger partial charge in [0.05, 0.1) is 6.54 Å². The first-order valence-corrected chi connectivity index (χ1v) is 9.00. The van der Waals surface area contributed by atoms with Crippen LogP contribution in [0.2, 0.25) is 0 Å². The van der Waals surface area contributed by atoms with Gasteiger partial charge in [-0.15, -0.1) is 0 Å². The number of H-pyrrole nitrogens is 1. The molecule has 4 rings (SSSR count). The van der Waals surface area contributed by atoms with Gasteiger partial charge in [-0.05, 0) is 22.4 Å². The van der Waals surface area contributed by atoms with Crippen molar-refractivity contribution in [2.75, 3.05) is 26.2 Å². The Morgan fingerprint density at radius 3 is 3.04 bits per heavy atom. The number of hydrogen-bond acceptors (Lipinski definition) is 5. The van der Waals surface area contributed by atoms with E-state index in [-0.39, 0.29) is 18.4 Å². The van der Waals surface area contributed by atoms with Gasteiger partial charge < -0.3 is 10.2 Å². The Morgan fingerprint density at radius 1 is 1.33 bits per heavy atom. The van der Waals surface area contributed by atoms with E-state index in [4.69, 9.17) is 0 Å². The molecule has 0 aliphatic carbocycles. The minimum atomic E-state index is -0.153. The van der Waals surface area contributed by atoms with E-state index >= 15 is 0 Å². The molecule has 0 radical (unpaired) electrons. The summed E-state index contributed by atoms with van der Waals surface area (Å²) in [7, 11) is 0. The molecule has 2 N–H and O–H groups in total. The Morgan fingerprint density at radius 2 is 2.25 bits per heavy atom. The zero-order valence-corrected chi connectivity index (χ0v) is 14.1. The van der Waals surface area contributed by atoms with Gasteiger partial charge in [0.1, 0.15) is 0 Å². The number of nitrogens with zero attached hydrogens (tertiary/aromatic N) is 3. The molecule has 0 bridgehead atoms. The predicted molar refractivity (Wildman–Crippen MR) is 89.6 cm³/mol. The van der Waals surface area contributed by atoms with Gasteiger partial charge in [-0.25, -0.2) is 0 Å². The standard InChI is InChI=1S/C16H19N5O2S/c22-14-9-21(5-3-17-14)16(23)15-12-8-20(4-1-13(12)18-19-15)7-11-2-6-24-10-11/h2,6,10H,1,3-5,7-9H2,(H,17,22)(H,18,19). The summed E-state index contributed by atoms with van der Waals surface area (Å²) in [5.41, 5.74) is 3.79. The first kappa shape index (κ1) is 15.3. The number of aromatic amines is 1. The fourth-order valence-electron chi connectivity index (χ4n) is 3.27. The van der Waals surface area contributed by atoms with Crippen molar-refractivity contribution in [1.29, 1.82) is 0 Å². The normalized spacial score (nSPS) is 18.3. The molecule has 1 fully saturated rings. The van der Waals surface area contributed by atoms with Gasteiger partial charge in [0.2, 0.25) is 5.91 Å². The molecular formula is C16H19N5O2S. The molecule has 0 aromatic carbocycles. The average Bonchev–Trinajstić information content (AvgIpc) is 3.23. The van der Waals surface area contributed by atoms with Gasteiger partial charge in [-0.3, -0.25) is 19.6 Å². The van der Waals surface area contributed by atoms with E-state index in [1.54, 1.807) is 16.2 Å². The molecule has 126 valence electrons. The van der Waals surface area contributed by atoms with Crippen molar-refractivity contribution in [2.24, 2.45) is 0 Å². The van der Waals surface area contributed by atoms with Crippen LogP contribution in [-0.4, -0.2) is 58.0 Å². The van der Waals surface area contributed by atoms with E-state index in [0.29, 0.717) is 25.3 Å². The van der Waals surface area contributed by atoms with Crippen molar-refractivity contribution in [1.82, 2.24) is 25.3 Å². The molecule has 1 saturated heterocycles. The fourth-order valence-corrected chi connectivity index (χ4v) is 3.93. The van der Waals surface area contributed by atoms with Crippen molar-refractivity contribution in [3.05, 3.63) is 39.3 Å². The Balaban J connectivity index is 1.51. The lowest BCUT2D eigenvalue weighted by Crippen LogP contribution is -2.50. The maximum Gasteiger partial charge on any atom is 0.275 e. The molecule has 24 heavy (non-hydrogen) atoms. The zero-order valence-electron chi connectivity index (χ0n) is 13.2. The number of hydrogen-bond donors (Lipinski definition) is 2. The topological polar surface area (TPSA) is 81.3 Å². The number of piperazine rings is 1. The molecule has 2 aromatic heterocycles. The molecule has 2 aromatic rings. The third-order valence-corrected chi connectivity index (χ3v) is 5.26. The van der Waals surface area contributed by atoms with Gasteiger partial charge in [0.25, 0.3) is 5.91 Å². The van der Waals surface area contributed by atoms with Gasteiger partial charge >= 0.3 is 0 Å². The summed E-state index contributed by atoms with van der Waals surface area (Å²) in [6.07, 6.45) is 0.861. The summed E-state index contributed by atoms with van der Waals surface area (Å²) in [5, 5.41) is 14.2. The Labute approximate surface area is 143 Å². The van der Waals surface area contributed by atoms with Crippen molar-refractivity contribution in [3.8, 4) is 0 Å². The molecule has 0 spiro atoms. The van der Waals surface area contributed by atoms with Crippen LogP contribution < -0.4 is 5.32 Å². The molecule has 7 nitrogen and oxygen atoms in total. The number of fused-ring (bicyclic) bond motifs is 1. The number of thiophene rings is 1. The second-order valence-electron chi connectivity index (χ2n) is 6.20.